The lowest BCUT2D eigenvalue weighted by Crippen LogP contribution is -2.38. The number of hydrogen-bond donors (Lipinski definition) is 0. The minimum absolute atomic E-state index is 0.344. The fraction of sp³-hybridized carbons (Fsp3) is 0.375. The number of likely N-dealkylation sites (tertiary alicyclic amines) is 1. The number of rotatable bonds is 5. The Labute approximate surface area is 162 Å². The maximum atomic E-state index is 6.23. The van der Waals surface area contributed by atoms with E-state index in [9.17, 15) is 0 Å². The first-order chi connectivity index (χ1) is 13.2. The molecule has 3 nitrogen and oxygen atoms in total. The van der Waals surface area contributed by atoms with Gasteiger partial charge in [0.15, 0.2) is 0 Å². The monoisotopic (exact) mass is 360 g/mol. The van der Waals surface area contributed by atoms with Gasteiger partial charge < -0.3 is 9.64 Å². The molecule has 0 unspecified atom stereocenters. The van der Waals surface area contributed by atoms with Gasteiger partial charge in [-0.05, 0) is 73.7 Å². The van der Waals surface area contributed by atoms with E-state index in [2.05, 4.69) is 66.2 Å². The highest BCUT2D eigenvalue weighted by Gasteiger charge is 2.19. The Bertz CT molecular complexity index is 896. The Kier molecular flexibility index (Phi) is 5.40. The second kappa shape index (κ2) is 8.10. The SMILES string of the molecule is CCCN1CCC(Oc2ccc(-c3cc(C)c4cccnc4c3)cc2)CC1. The number of pyridine rings is 1. The van der Waals surface area contributed by atoms with Gasteiger partial charge in [0.1, 0.15) is 11.9 Å². The van der Waals surface area contributed by atoms with Gasteiger partial charge in [-0.1, -0.05) is 31.2 Å². The zero-order valence-electron chi connectivity index (χ0n) is 16.3. The summed E-state index contributed by atoms with van der Waals surface area (Å²) in [5, 5.41) is 1.22. The Morgan fingerprint density at radius 3 is 2.56 bits per heavy atom. The summed E-state index contributed by atoms with van der Waals surface area (Å²) in [4.78, 5) is 7.05. The van der Waals surface area contributed by atoms with E-state index in [0.717, 1.165) is 37.2 Å². The van der Waals surface area contributed by atoms with Crippen LogP contribution in [0.1, 0.15) is 31.7 Å². The molecule has 0 radical (unpaired) electrons. The summed E-state index contributed by atoms with van der Waals surface area (Å²) in [5.74, 6) is 0.975. The van der Waals surface area contributed by atoms with E-state index in [1.54, 1.807) is 0 Å². The largest absolute Gasteiger partial charge is 0.490 e. The van der Waals surface area contributed by atoms with Crippen LogP contribution in [0.3, 0.4) is 0 Å². The third-order valence-corrected chi connectivity index (χ3v) is 5.49. The lowest BCUT2D eigenvalue weighted by molar-refractivity contribution is 0.101. The Morgan fingerprint density at radius 1 is 1.04 bits per heavy atom. The fourth-order valence-corrected chi connectivity index (χ4v) is 4.02. The van der Waals surface area contributed by atoms with Crippen LogP contribution in [0, 0.1) is 6.92 Å². The number of aromatic nitrogens is 1. The van der Waals surface area contributed by atoms with Crippen LogP contribution >= 0.6 is 0 Å². The molecule has 3 heteroatoms. The Morgan fingerprint density at radius 2 is 1.81 bits per heavy atom. The zero-order chi connectivity index (χ0) is 18.6. The van der Waals surface area contributed by atoms with Crippen molar-refractivity contribution in [3.05, 3.63) is 60.3 Å². The summed E-state index contributed by atoms with van der Waals surface area (Å²) < 4.78 is 6.23. The molecule has 4 rings (SSSR count). The Hall–Kier alpha value is -2.39. The van der Waals surface area contributed by atoms with Crippen molar-refractivity contribution in [2.24, 2.45) is 0 Å². The molecule has 1 saturated heterocycles. The number of nitrogens with zero attached hydrogens (tertiary/aromatic N) is 2. The van der Waals surface area contributed by atoms with E-state index in [1.807, 2.05) is 12.3 Å². The van der Waals surface area contributed by atoms with Gasteiger partial charge in [0.05, 0.1) is 5.52 Å². The lowest BCUT2D eigenvalue weighted by Gasteiger charge is -2.31. The minimum Gasteiger partial charge on any atom is -0.490 e. The van der Waals surface area contributed by atoms with E-state index in [0.29, 0.717) is 6.10 Å². The molecular formula is C24H28N2O. The van der Waals surface area contributed by atoms with Crippen molar-refractivity contribution in [3.63, 3.8) is 0 Å². The van der Waals surface area contributed by atoms with Crippen molar-refractivity contribution >= 4 is 10.9 Å². The molecule has 1 aromatic heterocycles. The molecule has 0 amide bonds. The van der Waals surface area contributed by atoms with E-state index >= 15 is 0 Å². The minimum atomic E-state index is 0.344. The topological polar surface area (TPSA) is 25.4 Å². The summed E-state index contributed by atoms with van der Waals surface area (Å²) in [6, 6.07) is 17.1. The average molecular weight is 361 g/mol. The highest BCUT2D eigenvalue weighted by molar-refractivity contribution is 5.87. The van der Waals surface area contributed by atoms with Gasteiger partial charge in [-0.2, -0.15) is 0 Å². The quantitative estimate of drug-likeness (QED) is 0.604. The molecule has 0 aliphatic carbocycles. The molecule has 0 N–H and O–H groups in total. The van der Waals surface area contributed by atoms with Crippen molar-refractivity contribution in [1.29, 1.82) is 0 Å². The second-order valence-corrected chi connectivity index (χ2v) is 7.55. The number of fused-ring (bicyclic) bond motifs is 1. The molecule has 1 aliphatic heterocycles. The van der Waals surface area contributed by atoms with Crippen molar-refractivity contribution in [2.75, 3.05) is 19.6 Å². The smallest absolute Gasteiger partial charge is 0.119 e. The molecule has 0 spiro atoms. The number of aryl methyl sites for hydroxylation is 1. The van der Waals surface area contributed by atoms with Crippen LogP contribution < -0.4 is 4.74 Å². The third-order valence-electron chi connectivity index (χ3n) is 5.49. The molecule has 2 heterocycles. The Balaban J connectivity index is 1.45. The molecule has 2 aromatic carbocycles. The van der Waals surface area contributed by atoms with Gasteiger partial charge in [-0.3, -0.25) is 4.98 Å². The van der Waals surface area contributed by atoms with E-state index < -0.39 is 0 Å². The van der Waals surface area contributed by atoms with E-state index in [4.69, 9.17) is 4.74 Å². The molecule has 0 atom stereocenters. The summed E-state index contributed by atoms with van der Waals surface area (Å²) in [7, 11) is 0. The van der Waals surface area contributed by atoms with Crippen LogP contribution in [0.4, 0.5) is 0 Å². The van der Waals surface area contributed by atoms with Crippen LogP contribution in [0.25, 0.3) is 22.0 Å². The number of hydrogen-bond acceptors (Lipinski definition) is 3. The first-order valence-electron chi connectivity index (χ1n) is 10.1. The molecule has 1 aliphatic rings. The molecule has 140 valence electrons. The standard InChI is InChI=1S/C24H28N2O/c1-3-13-26-14-10-22(11-15-26)27-21-8-6-19(7-9-21)20-16-18(2)23-5-4-12-25-24(23)17-20/h4-9,12,16-17,22H,3,10-11,13-15H2,1-2H3. The second-order valence-electron chi connectivity index (χ2n) is 7.55. The maximum absolute atomic E-state index is 6.23. The van der Waals surface area contributed by atoms with Crippen molar-refractivity contribution in [3.8, 4) is 16.9 Å². The van der Waals surface area contributed by atoms with Gasteiger partial charge >= 0.3 is 0 Å². The maximum Gasteiger partial charge on any atom is 0.119 e. The summed E-state index contributed by atoms with van der Waals surface area (Å²) in [5.41, 5.74) is 4.72. The zero-order valence-corrected chi connectivity index (χ0v) is 16.3. The van der Waals surface area contributed by atoms with Crippen LogP contribution in [-0.2, 0) is 0 Å². The molecule has 3 aromatic rings. The highest BCUT2D eigenvalue weighted by atomic mass is 16.5. The summed E-state index contributed by atoms with van der Waals surface area (Å²) in [6.45, 7) is 7.91. The van der Waals surface area contributed by atoms with Crippen LogP contribution in [0.15, 0.2) is 54.7 Å². The van der Waals surface area contributed by atoms with Crippen LogP contribution in [0.5, 0.6) is 5.75 Å². The predicted molar refractivity (Wildman–Crippen MR) is 112 cm³/mol. The van der Waals surface area contributed by atoms with Crippen LogP contribution in [-0.4, -0.2) is 35.6 Å². The number of piperidine rings is 1. The van der Waals surface area contributed by atoms with Gasteiger partial charge in [0.2, 0.25) is 0 Å². The highest BCUT2D eigenvalue weighted by Crippen LogP contribution is 2.28. The average Bonchev–Trinajstić information content (AvgIpc) is 2.70. The van der Waals surface area contributed by atoms with Gasteiger partial charge in [-0.15, -0.1) is 0 Å². The number of benzene rings is 2. The van der Waals surface area contributed by atoms with Gasteiger partial charge in [-0.25, -0.2) is 0 Å². The molecule has 1 fully saturated rings. The van der Waals surface area contributed by atoms with Gasteiger partial charge in [0, 0.05) is 24.7 Å². The lowest BCUT2D eigenvalue weighted by atomic mass is 10.00. The first kappa shape index (κ1) is 18.0. The van der Waals surface area contributed by atoms with Crippen molar-refractivity contribution in [1.82, 2.24) is 9.88 Å². The van der Waals surface area contributed by atoms with Crippen molar-refractivity contribution < 1.29 is 4.74 Å². The van der Waals surface area contributed by atoms with E-state index in [1.165, 1.54) is 35.0 Å². The van der Waals surface area contributed by atoms with Crippen molar-refractivity contribution in [2.45, 2.75) is 39.2 Å². The molecular weight excluding hydrogens is 332 g/mol. The van der Waals surface area contributed by atoms with Crippen LogP contribution in [0.2, 0.25) is 0 Å². The molecule has 27 heavy (non-hydrogen) atoms. The van der Waals surface area contributed by atoms with Gasteiger partial charge in [0.25, 0.3) is 0 Å². The molecule has 0 bridgehead atoms. The summed E-state index contributed by atoms with van der Waals surface area (Å²) >= 11 is 0. The normalized spacial score (nSPS) is 15.9. The first-order valence-corrected chi connectivity index (χ1v) is 10.1. The van der Waals surface area contributed by atoms with E-state index in [-0.39, 0.29) is 0 Å². The third kappa shape index (κ3) is 4.14. The predicted octanol–water partition coefficient (Wildman–Crippen LogP) is 5.46. The fourth-order valence-electron chi connectivity index (χ4n) is 4.02. The number of ether oxygens (including phenoxy) is 1. The summed E-state index contributed by atoms with van der Waals surface area (Å²) in [6.07, 6.45) is 5.68. The molecule has 0 saturated carbocycles.